The number of nitrogens with one attached hydrogen (secondary N) is 2. The number of methoxy groups -OCH3 is 2. The molecule has 156 valence electrons. The molecule has 29 heavy (non-hydrogen) atoms. The van der Waals surface area contributed by atoms with Gasteiger partial charge >= 0.3 is 6.03 Å². The van der Waals surface area contributed by atoms with Crippen molar-refractivity contribution in [2.45, 2.75) is 39.5 Å². The third-order valence-electron chi connectivity index (χ3n) is 4.56. The minimum absolute atomic E-state index is 0.140. The molecule has 3 amide bonds. The second-order valence-corrected chi connectivity index (χ2v) is 8.04. The maximum Gasteiger partial charge on any atom is 0.326 e. The molecule has 0 saturated carbocycles. The fourth-order valence-corrected chi connectivity index (χ4v) is 3.62. The Morgan fingerprint density at radius 3 is 2.00 bits per heavy atom. The van der Waals surface area contributed by atoms with Gasteiger partial charge in [0.25, 0.3) is 5.91 Å². The van der Waals surface area contributed by atoms with Gasteiger partial charge in [-0.3, -0.25) is 10.1 Å². The van der Waals surface area contributed by atoms with Gasteiger partial charge in [-0.2, -0.15) is 0 Å². The first kappa shape index (κ1) is 22.7. The molecule has 0 radical (unpaired) electrons. The van der Waals surface area contributed by atoms with Crippen molar-refractivity contribution in [1.29, 1.82) is 0 Å². The van der Waals surface area contributed by atoms with E-state index in [0.29, 0.717) is 16.0 Å². The number of rotatable bonds is 6. The van der Waals surface area contributed by atoms with Crippen molar-refractivity contribution >= 4 is 33.6 Å². The first-order chi connectivity index (χ1) is 13.7. The van der Waals surface area contributed by atoms with Crippen molar-refractivity contribution < 1.29 is 19.1 Å². The third kappa shape index (κ3) is 5.09. The largest absolute Gasteiger partial charge is 0.496 e. The van der Waals surface area contributed by atoms with Gasteiger partial charge in [0.05, 0.1) is 18.7 Å². The van der Waals surface area contributed by atoms with Crippen LogP contribution in [0.4, 0.5) is 10.5 Å². The summed E-state index contributed by atoms with van der Waals surface area (Å²) in [5, 5.41) is 5.25. The molecule has 0 unspecified atom stereocenters. The lowest BCUT2D eigenvalue weighted by atomic mass is 9.93. The van der Waals surface area contributed by atoms with Crippen LogP contribution in [0.3, 0.4) is 0 Å². The molecule has 0 aromatic heterocycles. The minimum atomic E-state index is -0.620. The number of imide groups is 1. The number of carbonyl (C=O) groups excluding carboxylic acids is 2. The number of amides is 3. The summed E-state index contributed by atoms with van der Waals surface area (Å²) in [5.41, 5.74) is 2.89. The number of para-hydroxylation sites is 1. The van der Waals surface area contributed by atoms with Crippen LogP contribution in [0.1, 0.15) is 61.0 Å². The molecular weight excluding hydrogens is 436 g/mol. The second kappa shape index (κ2) is 9.78. The molecule has 0 aliphatic heterocycles. The lowest BCUT2D eigenvalue weighted by molar-refractivity contribution is 0.0961. The van der Waals surface area contributed by atoms with Crippen molar-refractivity contribution in [3.05, 3.63) is 51.5 Å². The van der Waals surface area contributed by atoms with E-state index in [4.69, 9.17) is 9.47 Å². The van der Waals surface area contributed by atoms with Crippen molar-refractivity contribution in [2.75, 3.05) is 19.5 Å². The molecule has 0 atom stereocenters. The molecule has 7 heteroatoms. The number of halogens is 1. The van der Waals surface area contributed by atoms with Crippen LogP contribution in [-0.2, 0) is 0 Å². The predicted octanol–water partition coefficient (Wildman–Crippen LogP) is 5.68. The molecule has 0 spiro atoms. The maximum absolute atomic E-state index is 12.8. The average Bonchev–Trinajstić information content (AvgIpc) is 2.67. The zero-order chi connectivity index (χ0) is 21.7. The Hall–Kier alpha value is -2.54. The van der Waals surface area contributed by atoms with E-state index in [1.54, 1.807) is 12.1 Å². The van der Waals surface area contributed by atoms with E-state index >= 15 is 0 Å². The number of hydrogen-bond acceptors (Lipinski definition) is 4. The molecule has 0 bridgehead atoms. The zero-order valence-corrected chi connectivity index (χ0v) is 19.1. The van der Waals surface area contributed by atoms with Gasteiger partial charge in [-0.25, -0.2) is 4.79 Å². The molecule has 0 heterocycles. The van der Waals surface area contributed by atoms with Gasteiger partial charge in [0.1, 0.15) is 17.1 Å². The van der Waals surface area contributed by atoms with E-state index in [-0.39, 0.29) is 17.4 Å². The van der Waals surface area contributed by atoms with Crippen molar-refractivity contribution in [2.24, 2.45) is 0 Å². The van der Waals surface area contributed by atoms with Crippen LogP contribution in [0.15, 0.2) is 34.8 Å². The molecule has 2 rings (SSSR count). The molecule has 2 aromatic carbocycles. The Morgan fingerprint density at radius 1 is 0.931 bits per heavy atom. The summed E-state index contributed by atoms with van der Waals surface area (Å²) in [5.74, 6) is 0.404. The van der Waals surface area contributed by atoms with Crippen molar-refractivity contribution in [3.63, 3.8) is 0 Å². The fraction of sp³-hybridized carbons (Fsp3) is 0.364. The summed E-state index contributed by atoms with van der Waals surface area (Å²) in [4.78, 5) is 25.5. The first-order valence-corrected chi connectivity index (χ1v) is 10.2. The van der Waals surface area contributed by atoms with Gasteiger partial charge in [-0.15, -0.1) is 0 Å². The van der Waals surface area contributed by atoms with E-state index in [2.05, 4.69) is 54.3 Å². The van der Waals surface area contributed by atoms with E-state index < -0.39 is 11.9 Å². The van der Waals surface area contributed by atoms with Gasteiger partial charge in [-0.1, -0.05) is 45.9 Å². The van der Waals surface area contributed by atoms with Crippen LogP contribution in [-0.4, -0.2) is 26.2 Å². The van der Waals surface area contributed by atoms with E-state index in [9.17, 15) is 9.59 Å². The van der Waals surface area contributed by atoms with E-state index in [1.165, 1.54) is 14.2 Å². The van der Waals surface area contributed by atoms with E-state index in [1.807, 2.05) is 18.2 Å². The van der Waals surface area contributed by atoms with Gasteiger partial charge < -0.3 is 14.8 Å². The van der Waals surface area contributed by atoms with Gasteiger partial charge in [0.15, 0.2) is 0 Å². The topological polar surface area (TPSA) is 76.7 Å². The highest BCUT2D eigenvalue weighted by Crippen LogP contribution is 2.36. The highest BCUT2D eigenvalue weighted by molar-refractivity contribution is 9.10. The summed E-state index contributed by atoms with van der Waals surface area (Å²) >= 11 is 3.35. The molecule has 0 fully saturated rings. The summed E-state index contributed by atoms with van der Waals surface area (Å²) < 4.78 is 11.2. The van der Waals surface area contributed by atoms with Crippen molar-refractivity contribution in [3.8, 4) is 11.5 Å². The summed E-state index contributed by atoms with van der Waals surface area (Å²) in [6, 6.07) is 8.67. The zero-order valence-electron chi connectivity index (χ0n) is 17.6. The van der Waals surface area contributed by atoms with Crippen LogP contribution in [0.25, 0.3) is 0 Å². The van der Waals surface area contributed by atoms with Gasteiger partial charge in [0, 0.05) is 5.69 Å². The van der Waals surface area contributed by atoms with Crippen LogP contribution in [0, 0.1) is 0 Å². The molecule has 6 nitrogen and oxygen atoms in total. The molecule has 0 aliphatic rings. The Balaban J connectivity index is 2.34. The summed E-state index contributed by atoms with van der Waals surface area (Å²) in [6.07, 6.45) is 0. The maximum atomic E-state index is 12.8. The smallest absolute Gasteiger partial charge is 0.326 e. The van der Waals surface area contributed by atoms with Gasteiger partial charge in [-0.05, 0) is 51.0 Å². The van der Waals surface area contributed by atoms with E-state index in [0.717, 1.165) is 16.8 Å². The Labute approximate surface area is 180 Å². The van der Waals surface area contributed by atoms with Crippen molar-refractivity contribution in [1.82, 2.24) is 5.32 Å². The monoisotopic (exact) mass is 462 g/mol. The van der Waals surface area contributed by atoms with Crippen LogP contribution in [0.5, 0.6) is 11.5 Å². The SMILES string of the molecule is COc1ccc(Br)c(OC)c1C(=O)NC(=O)Nc1c(C(C)C)cccc1C(C)C. The molecule has 2 N–H and O–H groups in total. The highest BCUT2D eigenvalue weighted by Gasteiger charge is 2.23. The number of ether oxygens (including phenoxy) is 2. The summed E-state index contributed by atoms with van der Waals surface area (Å²) in [7, 11) is 2.90. The summed E-state index contributed by atoms with van der Waals surface area (Å²) in [6.45, 7) is 8.24. The molecule has 0 saturated heterocycles. The number of urea groups is 1. The Morgan fingerprint density at radius 2 is 1.52 bits per heavy atom. The third-order valence-corrected chi connectivity index (χ3v) is 5.19. The second-order valence-electron chi connectivity index (χ2n) is 7.19. The standard InChI is InChI=1S/C22H27BrN2O4/c1-12(2)14-8-7-9-15(13(3)4)19(14)24-22(27)25-21(26)18-17(28-5)11-10-16(23)20(18)29-6/h7-13H,1-6H3,(H2,24,25,26,27). The lowest BCUT2D eigenvalue weighted by Crippen LogP contribution is -2.35. The highest BCUT2D eigenvalue weighted by atomic mass is 79.9. The number of hydrogen-bond donors (Lipinski definition) is 2. The van der Waals surface area contributed by atoms with Crippen LogP contribution < -0.4 is 20.1 Å². The van der Waals surface area contributed by atoms with Crippen LogP contribution >= 0.6 is 15.9 Å². The quantitative estimate of drug-likeness (QED) is 0.579. The number of benzene rings is 2. The van der Waals surface area contributed by atoms with Gasteiger partial charge in [0.2, 0.25) is 0 Å². The fourth-order valence-electron chi connectivity index (χ4n) is 3.13. The first-order valence-electron chi connectivity index (χ1n) is 9.36. The van der Waals surface area contributed by atoms with Crippen LogP contribution in [0.2, 0.25) is 0 Å². The number of carbonyl (C=O) groups is 2. The minimum Gasteiger partial charge on any atom is -0.496 e. The molecule has 2 aromatic rings. The normalized spacial score (nSPS) is 10.8. The molecular formula is C22H27BrN2O4. The average molecular weight is 463 g/mol. The Bertz CT molecular complexity index is 884. The Kier molecular flexibility index (Phi) is 7.67. The molecule has 0 aliphatic carbocycles. The number of anilines is 1. The predicted molar refractivity (Wildman–Crippen MR) is 118 cm³/mol. The lowest BCUT2D eigenvalue weighted by Gasteiger charge is -2.20.